The number of thiocarbonyl (C=S) groups is 1. The van der Waals surface area contributed by atoms with E-state index in [4.69, 9.17) is 12.2 Å². The Labute approximate surface area is 119 Å². The fourth-order valence-corrected chi connectivity index (χ4v) is 1.89. The number of hydrogen-bond donors (Lipinski definition) is 2. The van der Waals surface area contributed by atoms with Crippen molar-refractivity contribution >= 4 is 23.3 Å². The summed E-state index contributed by atoms with van der Waals surface area (Å²) in [4.78, 5) is 11.0. The SMILES string of the molecule is CC(C)C[C@H](NC(=S)NCc1ccccc1)C(=O)[O-]. The van der Waals surface area contributed by atoms with Gasteiger partial charge >= 0.3 is 0 Å². The number of aliphatic carboxylic acids is 1. The van der Waals surface area contributed by atoms with Crippen LogP contribution in [0.15, 0.2) is 30.3 Å². The van der Waals surface area contributed by atoms with Gasteiger partial charge in [-0.25, -0.2) is 0 Å². The average Bonchev–Trinajstić information content (AvgIpc) is 2.36. The third kappa shape index (κ3) is 6.20. The van der Waals surface area contributed by atoms with Gasteiger partial charge in [-0.05, 0) is 30.1 Å². The van der Waals surface area contributed by atoms with E-state index in [1.165, 1.54) is 0 Å². The Morgan fingerprint density at radius 1 is 1.32 bits per heavy atom. The van der Waals surface area contributed by atoms with Crippen molar-refractivity contribution in [1.29, 1.82) is 0 Å². The number of benzene rings is 1. The maximum Gasteiger partial charge on any atom is 0.167 e. The summed E-state index contributed by atoms with van der Waals surface area (Å²) in [6.07, 6.45) is 0.482. The van der Waals surface area contributed by atoms with Crippen LogP contribution in [0.3, 0.4) is 0 Å². The van der Waals surface area contributed by atoms with Gasteiger partial charge in [0.2, 0.25) is 0 Å². The molecule has 104 valence electrons. The molecule has 0 saturated carbocycles. The molecule has 0 unspecified atom stereocenters. The second kappa shape index (κ2) is 7.74. The van der Waals surface area contributed by atoms with Gasteiger partial charge in [0, 0.05) is 6.54 Å². The van der Waals surface area contributed by atoms with Gasteiger partial charge in [0.25, 0.3) is 0 Å². The quantitative estimate of drug-likeness (QED) is 0.755. The molecule has 0 heterocycles. The predicted molar refractivity (Wildman–Crippen MR) is 77.3 cm³/mol. The number of rotatable bonds is 6. The van der Waals surface area contributed by atoms with Crippen LogP contribution in [0.5, 0.6) is 0 Å². The van der Waals surface area contributed by atoms with Crippen molar-refractivity contribution in [2.24, 2.45) is 5.92 Å². The van der Waals surface area contributed by atoms with Crippen LogP contribution in [0, 0.1) is 5.92 Å². The molecule has 4 nitrogen and oxygen atoms in total. The van der Waals surface area contributed by atoms with Crippen LogP contribution in [0.2, 0.25) is 0 Å². The van der Waals surface area contributed by atoms with Crippen molar-refractivity contribution in [3.05, 3.63) is 35.9 Å². The molecule has 0 aliphatic carbocycles. The lowest BCUT2D eigenvalue weighted by molar-refractivity contribution is -0.308. The van der Waals surface area contributed by atoms with E-state index in [1.54, 1.807) is 0 Å². The molecule has 1 rings (SSSR count). The Bertz CT molecular complexity index is 421. The Hall–Kier alpha value is -1.62. The second-order valence-corrected chi connectivity index (χ2v) is 5.22. The van der Waals surface area contributed by atoms with E-state index < -0.39 is 12.0 Å². The fourth-order valence-electron chi connectivity index (χ4n) is 1.67. The highest BCUT2D eigenvalue weighted by molar-refractivity contribution is 7.80. The summed E-state index contributed by atoms with van der Waals surface area (Å²) in [5.41, 5.74) is 1.08. The van der Waals surface area contributed by atoms with Crippen molar-refractivity contribution in [2.45, 2.75) is 32.9 Å². The van der Waals surface area contributed by atoms with E-state index in [1.807, 2.05) is 44.2 Å². The minimum Gasteiger partial charge on any atom is -0.548 e. The van der Waals surface area contributed by atoms with Crippen LogP contribution in [-0.2, 0) is 11.3 Å². The van der Waals surface area contributed by atoms with E-state index in [-0.39, 0.29) is 5.92 Å². The van der Waals surface area contributed by atoms with Crippen molar-refractivity contribution in [3.63, 3.8) is 0 Å². The standard InChI is InChI=1S/C14H20N2O2S/c1-10(2)8-12(13(17)18)16-14(19)15-9-11-6-4-3-5-7-11/h3-7,10,12H,8-9H2,1-2H3,(H,17,18)(H2,15,16,19)/p-1/t12-/m0/s1. The van der Waals surface area contributed by atoms with Crippen LogP contribution in [0.4, 0.5) is 0 Å². The monoisotopic (exact) mass is 279 g/mol. The molecule has 0 fully saturated rings. The molecule has 1 atom stereocenters. The van der Waals surface area contributed by atoms with Crippen molar-refractivity contribution in [3.8, 4) is 0 Å². The molecule has 5 heteroatoms. The van der Waals surface area contributed by atoms with Gasteiger partial charge in [-0.1, -0.05) is 44.2 Å². The van der Waals surface area contributed by atoms with Crippen LogP contribution in [0.1, 0.15) is 25.8 Å². The molecule has 0 radical (unpaired) electrons. The molecule has 0 aliphatic heterocycles. The first-order valence-electron chi connectivity index (χ1n) is 6.28. The Balaban J connectivity index is 2.42. The van der Waals surface area contributed by atoms with Gasteiger partial charge in [-0.15, -0.1) is 0 Å². The van der Waals surface area contributed by atoms with E-state index in [0.717, 1.165) is 5.56 Å². The fraction of sp³-hybridized carbons (Fsp3) is 0.429. The molecular weight excluding hydrogens is 260 g/mol. The van der Waals surface area contributed by atoms with Crippen LogP contribution in [-0.4, -0.2) is 17.1 Å². The van der Waals surface area contributed by atoms with Gasteiger partial charge in [0.05, 0.1) is 12.0 Å². The number of carbonyl (C=O) groups is 1. The summed E-state index contributed by atoms with van der Waals surface area (Å²) in [6.45, 7) is 4.48. The van der Waals surface area contributed by atoms with E-state index >= 15 is 0 Å². The Morgan fingerprint density at radius 3 is 2.47 bits per heavy atom. The molecular formula is C14H19N2O2S-. The zero-order valence-electron chi connectivity index (χ0n) is 11.2. The number of nitrogens with one attached hydrogen (secondary N) is 2. The molecule has 2 N–H and O–H groups in total. The minimum atomic E-state index is -1.13. The summed E-state index contributed by atoms with van der Waals surface area (Å²) in [6, 6.07) is 9.01. The highest BCUT2D eigenvalue weighted by Crippen LogP contribution is 2.04. The molecule has 0 saturated heterocycles. The molecule has 0 amide bonds. The zero-order chi connectivity index (χ0) is 14.3. The number of carbonyl (C=O) groups excluding carboxylic acids is 1. The van der Waals surface area contributed by atoms with Crippen molar-refractivity contribution < 1.29 is 9.90 Å². The Morgan fingerprint density at radius 2 is 1.95 bits per heavy atom. The first kappa shape index (κ1) is 15.4. The van der Waals surface area contributed by atoms with Crippen LogP contribution < -0.4 is 15.7 Å². The van der Waals surface area contributed by atoms with Crippen LogP contribution >= 0.6 is 12.2 Å². The predicted octanol–water partition coefficient (Wildman–Crippen LogP) is 0.815. The third-order valence-electron chi connectivity index (χ3n) is 2.59. The van der Waals surface area contributed by atoms with Gasteiger partial charge in [0.1, 0.15) is 0 Å². The average molecular weight is 279 g/mol. The first-order chi connectivity index (χ1) is 8.99. The molecule has 19 heavy (non-hydrogen) atoms. The van der Waals surface area contributed by atoms with Crippen molar-refractivity contribution in [2.75, 3.05) is 0 Å². The maximum atomic E-state index is 11.0. The lowest BCUT2D eigenvalue weighted by Crippen LogP contribution is -2.51. The smallest absolute Gasteiger partial charge is 0.167 e. The number of carboxylic acid groups (broad SMARTS) is 1. The first-order valence-corrected chi connectivity index (χ1v) is 6.69. The molecule has 0 aliphatic rings. The molecule has 1 aromatic carbocycles. The third-order valence-corrected chi connectivity index (χ3v) is 2.86. The topological polar surface area (TPSA) is 64.2 Å². The lowest BCUT2D eigenvalue weighted by Gasteiger charge is -2.23. The van der Waals surface area contributed by atoms with E-state index in [2.05, 4.69) is 10.6 Å². The number of hydrogen-bond acceptors (Lipinski definition) is 3. The number of carboxylic acids is 1. The van der Waals surface area contributed by atoms with Gasteiger partial charge < -0.3 is 20.5 Å². The molecule has 1 aromatic rings. The lowest BCUT2D eigenvalue weighted by atomic mass is 10.0. The van der Waals surface area contributed by atoms with Crippen LogP contribution in [0.25, 0.3) is 0 Å². The van der Waals surface area contributed by atoms with Gasteiger partial charge in [0.15, 0.2) is 5.11 Å². The Kier molecular flexibility index (Phi) is 6.29. The van der Waals surface area contributed by atoms with Gasteiger partial charge in [-0.3, -0.25) is 0 Å². The summed E-state index contributed by atoms with van der Waals surface area (Å²) >= 11 is 5.09. The normalized spacial score (nSPS) is 11.9. The summed E-state index contributed by atoms with van der Waals surface area (Å²) < 4.78 is 0. The largest absolute Gasteiger partial charge is 0.548 e. The maximum absolute atomic E-state index is 11.0. The summed E-state index contributed by atoms with van der Waals surface area (Å²) in [7, 11) is 0. The molecule has 0 bridgehead atoms. The second-order valence-electron chi connectivity index (χ2n) is 4.81. The highest BCUT2D eigenvalue weighted by atomic mass is 32.1. The van der Waals surface area contributed by atoms with Gasteiger partial charge in [-0.2, -0.15) is 0 Å². The van der Waals surface area contributed by atoms with E-state index in [0.29, 0.717) is 18.1 Å². The summed E-state index contributed by atoms with van der Waals surface area (Å²) in [5.74, 6) is -0.870. The minimum absolute atomic E-state index is 0.257. The summed E-state index contributed by atoms with van der Waals surface area (Å²) in [5, 5.41) is 17.1. The molecule has 0 spiro atoms. The zero-order valence-corrected chi connectivity index (χ0v) is 12.0. The van der Waals surface area contributed by atoms with Crippen molar-refractivity contribution in [1.82, 2.24) is 10.6 Å². The molecule has 0 aromatic heterocycles. The van der Waals surface area contributed by atoms with E-state index in [9.17, 15) is 9.90 Å². The highest BCUT2D eigenvalue weighted by Gasteiger charge is 2.12.